The first-order valence-electron chi connectivity index (χ1n) is 12.0. The highest BCUT2D eigenvalue weighted by Crippen LogP contribution is 2.35. The molecule has 1 aliphatic heterocycles. The second-order valence-corrected chi connectivity index (χ2v) is 10.3. The van der Waals surface area contributed by atoms with Gasteiger partial charge in [-0.15, -0.1) is 0 Å². The second kappa shape index (κ2) is 12.3. The molecule has 0 bridgehead atoms. The number of halogens is 1. The van der Waals surface area contributed by atoms with Crippen LogP contribution < -0.4 is 9.64 Å². The molecule has 0 aromatic heterocycles. The van der Waals surface area contributed by atoms with E-state index in [9.17, 15) is 14.4 Å². The molecule has 0 spiro atoms. The zero-order valence-corrected chi connectivity index (χ0v) is 23.1. The molecule has 0 saturated carbocycles. The SMILES string of the molecule is CCN(CC)c1ccc(/C=C2/SC(=O)N(CC(=O)c3ccc(Br)cc3)C2=O)c(OCc2ccccc2)c1. The van der Waals surface area contributed by atoms with Crippen LogP contribution in [0.2, 0.25) is 0 Å². The number of benzene rings is 3. The summed E-state index contributed by atoms with van der Waals surface area (Å²) in [6.07, 6.45) is 1.67. The zero-order valence-electron chi connectivity index (χ0n) is 20.6. The average Bonchev–Trinajstić information content (AvgIpc) is 3.17. The summed E-state index contributed by atoms with van der Waals surface area (Å²) < 4.78 is 7.03. The first kappa shape index (κ1) is 26.7. The Hall–Kier alpha value is -3.36. The van der Waals surface area contributed by atoms with E-state index in [0.29, 0.717) is 23.5 Å². The predicted molar refractivity (Wildman–Crippen MR) is 152 cm³/mol. The van der Waals surface area contributed by atoms with Crippen molar-refractivity contribution in [1.82, 2.24) is 4.90 Å². The number of ketones is 1. The van der Waals surface area contributed by atoms with Gasteiger partial charge in [0.05, 0.1) is 11.4 Å². The molecule has 1 fully saturated rings. The Balaban J connectivity index is 1.58. The van der Waals surface area contributed by atoms with Crippen LogP contribution in [0.3, 0.4) is 0 Å². The summed E-state index contributed by atoms with van der Waals surface area (Å²) in [6, 6.07) is 22.5. The van der Waals surface area contributed by atoms with Crippen LogP contribution in [0.25, 0.3) is 6.08 Å². The minimum absolute atomic E-state index is 0.258. The minimum Gasteiger partial charge on any atom is -0.488 e. The average molecular weight is 580 g/mol. The van der Waals surface area contributed by atoms with E-state index >= 15 is 0 Å². The topological polar surface area (TPSA) is 66.9 Å². The number of anilines is 1. The number of imide groups is 1. The van der Waals surface area contributed by atoms with Gasteiger partial charge in [0.25, 0.3) is 11.1 Å². The number of carbonyl (C=O) groups is 3. The van der Waals surface area contributed by atoms with Crippen LogP contribution in [0, 0.1) is 0 Å². The first-order valence-corrected chi connectivity index (χ1v) is 13.6. The summed E-state index contributed by atoms with van der Waals surface area (Å²) in [6.45, 7) is 5.94. The molecule has 6 nitrogen and oxygen atoms in total. The smallest absolute Gasteiger partial charge is 0.293 e. The van der Waals surface area contributed by atoms with Crippen molar-refractivity contribution in [3.05, 3.63) is 98.9 Å². The van der Waals surface area contributed by atoms with E-state index in [1.807, 2.05) is 48.5 Å². The van der Waals surface area contributed by atoms with E-state index in [1.54, 1.807) is 30.3 Å². The number of nitrogens with zero attached hydrogens (tertiary/aromatic N) is 2. The van der Waals surface area contributed by atoms with Crippen molar-refractivity contribution in [1.29, 1.82) is 0 Å². The number of hydrogen-bond donors (Lipinski definition) is 0. The number of hydrogen-bond acceptors (Lipinski definition) is 6. The minimum atomic E-state index is -0.484. The number of thioether (sulfide) groups is 1. The fourth-order valence-corrected chi connectivity index (χ4v) is 5.03. The van der Waals surface area contributed by atoms with Gasteiger partial charge in [0.2, 0.25) is 0 Å². The maximum Gasteiger partial charge on any atom is 0.293 e. The van der Waals surface area contributed by atoms with Gasteiger partial charge in [0, 0.05) is 40.4 Å². The molecule has 0 atom stereocenters. The number of amides is 2. The van der Waals surface area contributed by atoms with Crippen LogP contribution in [-0.2, 0) is 11.4 Å². The Morgan fingerprint density at radius 2 is 1.70 bits per heavy atom. The molecule has 37 heavy (non-hydrogen) atoms. The molecule has 0 unspecified atom stereocenters. The highest BCUT2D eigenvalue weighted by atomic mass is 79.9. The monoisotopic (exact) mass is 578 g/mol. The predicted octanol–water partition coefficient (Wildman–Crippen LogP) is 6.79. The Bertz CT molecular complexity index is 1320. The fourth-order valence-electron chi connectivity index (χ4n) is 3.94. The molecule has 1 heterocycles. The Morgan fingerprint density at radius 1 is 1.00 bits per heavy atom. The second-order valence-electron chi connectivity index (χ2n) is 8.37. The molecule has 190 valence electrons. The summed E-state index contributed by atoms with van der Waals surface area (Å²) in [4.78, 5) is 41.9. The van der Waals surface area contributed by atoms with Crippen molar-refractivity contribution in [2.45, 2.75) is 20.5 Å². The van der Waals surface area contributed by atoms with Crippen molar-refractivity contribution in [3.63, 3.8) is 0 Å². The van der Waals surface area contributed by atoms with Gasteiger partial charge in [0.15, 0.2) is 5.78 Å². The van der Waals surface area contributed by atoms with Gasteiger partial charge in [-0.3, -0.25) is 19.3 Å². The molecular formula is C29H27BrN2O4S. The van der Waals surface area contributed by atoms with Crippen LogP contribution in [0.4, 0.5) is 10.5 Å². The molecule has 0 aliphatic carbocycles. The van der Waals surface area contributed by atoms with E-state index in [0.717, 1.165) is 45.5 Å². The molecule has 8 heteroatoms. The van der Waals surface area contributed by atoms with Crippen LogP contribution in [0.15, 0.2) is 82.2 Å². The molecule has 3 aromatic carbocycles. The van der Waals surface area contributed by atoms with E-state index in [2.05, 4.69) is 34.7 Å². The zero-order chi connectivity index (χ0) is 26.4. The fraction of sp³-hybridized carbons (Fsp3) is 0.207. The van der Waals surface area contributed by atoms with Crippen LogP contribution in [-0.4, -0.2) is 41.5 Å². The summed E-state index contributed by atoms with van der Waals surface area (Å²) >= 11 is 4.17. The lowest BCUT2D eigenvalue weighted by Crippen LogP contribution is -2.33. The third-order valence-electron chi connectivity index (χ3n) is 5.99. The highest BCUT2D eigenvalue weighted by molar-refractivity contribution is 9.10. The van der Waals surface area contributed by atoms with Gasteiger partial charge in [-0.25, -0.2) is 0 Å². The summed E-state index contributed by atoms with van der Waals surface area (Å²) in [5.41, 5.74) is 3.17. The molecule has 0 radical (unpaired) electrons. The molecule has 1 aliphatic rings. The molecule has 3 aromatic rings. The quantitative estimate of drug-likeness (QED) is 0.195. The largest absolute Gasteiger partial charge is 0.488 e. The molecule has 4 rings (SSSR count). The van der Waals surface area contributed by atoms with E-state index < -0.39 is 11.1 Å². The van der Waals surface area contributed by atoms with Crippen molar-refractivity contribution in [2.24, 2.45) is 0 Å². The van der Waals surface area contributed by atoms with Gasteiger partial charge in [0.1, 0.15) is 12.4 Å². The van der Waals surface area contributed by atoms with Crippen molar-refractivity contribution in [3.8, 4) is 5.75 Å². The van der Waals surface area contributed by atoms with Gasteiger partial charge >= 0.3 is 0 Å². The number of ether oxygens (including phenoxy) is 1. The van der Waals surface area contributed by atoms with Crippen molar-refractivity contribution < 1.29 is 19.1 Å². The number of rotatable bonds is 10. The molecule has 1 saturated heterocycles. The maximum atomic E-state index is 13.1. The van der Waals surface area contributed by atoms with Gasteiger partial charge in [-0.1, -0.05) is 58.4 Å². The maximum absolute atomic E-state index is 13.1. The first-order chi connectivity index (χ1) is 17.9. The molecule has 0 N–H and O–H groups in total. The Kier molecular flexibility index (Phi) is 8.84. The third-order valence-corrected chi connectivity index (χ3v) is 7.43. The summed E-state index contributed by atoms with van der Waals surface area (Å²) in [5.74, 6) is -0.167. The lowest BCUT2D eigenvalue weighted by molar-refractivity contribution is -0.122. The van der Waals surface area contributed by atoms with Gasteiger partial charge < -0.3 is 9.64 Å². The van der Waals surface area contributed by atoms with Crippen molar-refractivity contribution >= 4 is 56.4 Å². The Morgan fingerprint density at radius 3 is 2.38 bits per heavy atom. The van der Waals surface area contributed by atoms with Crippen LogP contribution in [0.5, 0.6) is 5.75 Å². The molecular weight excluding hydrogens is 552 g/mol. The molecule has 2 amide bonds. The lowest BCUT2D eigenvalue weighted by atomic mass is 10.1. The summed E-state index contributed by atoms with van der Waals surface area (Å²) in [7, 11) is 0. The number of carbonyl (C=O) groups excluding carboxylic acids is 3. The van der Waals surface area contributed by atoms with Crippen molar-refractivity contribution in [2.75, 3.05) is 24.5 Å². The van der Waals surface area contributed by atoms with Gasteiger partial charge in [-0.2, -0.15) is 0 Å². The lowest BCUT2D eigenvalue weighted by Gasteiger charge is -2.22. The van der Waals surface area contributed by atoms with Crippen LogP contribution in [0.1, 0.15) is 35.3 Å². The Labute approximate surface area is 229 Å². The van der Waals surface area contributed by atoms with E-state index in [4.69, 9.17) is 4.74 Å². The van der Waals surface area contributed by atoms with E-state index in [1.165, 1.54) is 0 Å². The summed E-state index contributed by atoms with van der Waals surface area (Å²) in [5, 5.41) is -0.465. The standard InChI is InChI=1S/C29H27BrN2O4S/c1-3-31(4-2)24-15-12-22(26(17-24)36-19-20-8-6-5-7-9-20)16-27-28(34)32(29(35)37-27)18-25(33)21-10-13-23(30)14-11-21/h5-17H,3-4,18-19H2,1-2H3/b27-16+. The van der Waals surface area contributed by atoms with Crippen LogP contribution >= 0.6 is 27.7 Å². The van der Waals surface area contributed by atoms with E-state index in [-0.39, 0.29) is 17.2 Å². The highest BCUT2D eigenvalue weighted by Gasteiger charge is 2.36. The third kappa shape index (κ3) is 6.50. The number of Topliss-reactive ketones (excluding diaryl/α,β-unsaturated/α-hetero) is 1. The van der Waals surface area contributed by atoms with Gasteiger partial charge in [-0.05, 0) is 61.5 Å². The normalized spacial score (nSPS) is 14.4.